The molecule has 50 valence electrons. The van der Waals surface area contributed by atoms with Crippen molar-refractivity contribution in [3.63, 3.8) is 0 Å². The van der Waals surface area contributed by atoms with Crippen molar-refractivity contribution in [2.75, 3.05) is 0 Å². The van der Waals surface area contributed by atoms with Gasteiger partial charge in [-0.15, -0.1) is 0 Å². The highest BCUT2D eigenvalue weighted by molar-refractivity contribution is 4.71. The van der Waals surface area contributed by atoms with E-state index in [0.717, 1.165) is 6.42 Å². The predicted octanol–water partition coefficient (Wildman–Crippen LogP) is 2.78. The second kappa shape index (κ2) is 2.47. The van der Waals surface area contributed by atoms with E-state index in [1.165, 1.54) is 0 Å². The molecule has 0 aliphatic heterocycles. The van der Waals surface area contributed by atoms with Gasteiger partial charge in [-0.2, -0.15) is 0 Å². The van der Waals surface area contributed by atoms with E-state index in [4.69, 9.17) is 0 Å². The van der Waals surface area contributed by atoms with Gasteiger partial charge in [-0.05, 0) is 19.8 Å². The molecule has 8 heavy (non-hydrogen) atoms. The summed E-state index contributed by atoms with van der Waals surface area (Å²) in [6.07, 6.45) is 0.920. The molecule has 0 saturated heterocycles. The average Bonchev–Trinajstić information content (AvgIpc) is 1.62. The van der Waals surface area contributed by atoms with Gasteiger partial charge in [0.1, 0.15) is 5.67 Å². The van der Waals surface area contributed by atoms with E-state index in [1.54, 1.807) is 13.8 Å². The van der Waals surface area contributed by atoms with Crippen LogP contribution in [0.3, 0.4) is 0 Å². The van der Waals surface area contributed by atoms with Crippen LogP contribution in [0.4, 0.5) is 4.39 Å². The summed E-state index contributed by atoms with van der Waals surface area (Å²) in [7, 11) is 0. The Labute approximate surface area is 51.1 Å². The Morgan fingerprint density at radius 3 is 1.88 bits per heavy atom. The van der Waals surface area contributed by atoms with Gasteiger partial charge in [0.15, 0.2) is 0 Å². The van der Waals surface area contributed by atoms with Gasteiger partial charge in [0.05, 0.1) is 0 Å². The van der Waals surface area contributed by atoms with Crippen LogP contribution in [0.15, 0.2) is 0 Å². The lowest BCUT2D eigenvalue weighted by Crippen LogP contribution is -2.21. The average molecular weight is 118 g/mol. The fraction of sp³-hybridized carbons (Fsp3) is 1.00. The molecule has 0 aromatic carbocycles. The van der Waals surface area contributed by atoms with Gasteiger partial charge in [-0.3, -0.25) is 0 Å². The van der Waals surface area contributed by atoms with Crippen LogP contribution in [0.2, 0.25) is 0 Å². The van der Waals surface area contributed by atoms with Crippen LogP contribution in [0.1, 0.15) is 34.1 Å². The molecule has 0 amide bonds. The zero-order valence-electron chi connectivity index (χ0n) is 6.16. The predicted molar refractivity (Wildman–Crippen MR) is 34.6 cm³/mol. The second-order valence-electron chi connectivity index (χ2n) is 2.87. The van der Waals surface area contributed by atoms with Crippen molar-refractivity contribution in [2.24, 2.45) is 5.92 Å². The third kappa shape index (κ3) is 2.29. The van der Waals surface area contributed by atoms with Gasteiger partial charge < -0.3 is 0 Å². The topological polar surface area (TPSA) is 0 Å². The Kier molecular flexibility index (Phi) is 2.45. The molecule has 1 unspecified atom stereocenters. The lowest BCUT2D eigenvalue weighted by molar-refractivity contribution is 0.133. The van der Waals surface area contributed by atoms with Crippen molar-refractivity contribution >= 4 is 0 Å². The van der Waals surface area contributed by atoms with Gasteiger partial charge in [-0.25, -0.2) is 4.39 Å². The number of halogens is 1. The number of rotatable bonds is 2. The van der Waals surface area contributed by atoms with Gasteiger partial charge in [0, 0.05) is 0 Å². The van der Waals surface area contributed by atoms with Crippen molar-refractivity contribution in [3.05, 3.63) is 0 Å². The summed E-state index contributed by atoms with van der Waals surface area (Å²) in [4.78, 5) is 0. The van der Waals surface area contributed by atoms with Crippen LogP contribution < -0.4 is 0 Å². The van der Waals surface area contributed by atoms with Crippen LogP contribution in [0, 0.1) is 5.92 Å². The van der Waals surface area contributed by atoms with Crippen LogP contribution in [-0.2, 0) is 0 Å². The van der Waals surface area contributed by atoms with Crippen molar-refractivity contribution in [1.29, 1.82) is 0 Å². The minimum atomic E-state index is -0.991. The summed E-state index contributed by atoms with van der Waals surface area (Å²) in [5, 5.41) is 0. The zero-order valence-corrected chi connectivity index (χ0v) is 6.16. The minimum absolute atomic E-state index is 0.183. The van der Waals surface area contributed by atoms with Crippen LogP contribution in [0.5, 0.6) is 0 Å². The fourth-order valence-corrected chi connectivity index (χ4v) is 0.485. The highest BCUT2D eigenvalue weighted by Gasteiger charge is 2.22. The number of hydrogen-bond acceptors (Lipinski definition) is 0. The number of hydrogen-bond donors (Lipinski definition) is 0. The summed E-state index contributed by atoms with van der Waals surface area (Å²) < 4.78 is 12.8. The SMILES string of the molecule is CCC(C)C(C)(C)F. The first-order chi connectivity index (χ1) is 3.48. The first-order valence-electron chi connectivity index (χ1n) is 3.17. The third-order valence-electron chi connectivity index (χ3n) is 1.78. The summed E-state index contributed by atoms with van der Waals surface area (Å²) in [5.74, 6) is 0.183. The molecular weight excluding hydrogens is 103 g/mol. The smallest absolute Gasteiger partial charge is 0.108 e. The Hall–Kier alpha value is -0.0700. The van der Waals surface area contributed by atoms with E-state index in [1.807, 2.05) is 13.8 Å². The molecule has 0 nitrogen and oxygen atoms in total. The van der Waals surface area contributed by atoms with Gasteiger partial charge in [-0.1, -0.05) is 20.3 Å². The Morgan fingerprint density at radius 1 is 1.50 bits per heavy atom. The van der Waals surface area contributed by atoms with Crippen molar-refractivity contribution in [2.45, 2.75) is 39.8 Å². The molecule has 0 radical (unpaired) electrons. The molecule has 0 N–H and O–H groups in total. The molecule has 0 aliphatic carbocycles. The molecule has 0 rings (SSSR count). The minimum Gasteiger partial charge on any atom is -0.244 e. The van der Waals surface area contributed by atoms with Crippen LogP contribution in [0.25, 0.3) is 0 Å². The lowest BCUT2D eigenvalue weighted by Gasteiger charge is -2.20. The zero-order chi connectivity index (χ0) is 6.78. The van der Waals surface area contributed by atoms with Crippen LogP contribution >= 0.6 is 0 Å². The van der Waals surface area contributed by atoms with E-state index >= 15 is 0 Å². The van der Waals surface area contributed by atoms with E-state index in [2.05, 4.69) is 0 Å². The number of alkyl halides is 1. The van der Waals surface area contributed by atoms with Gasteiger partial charge >= 0.3 is 0 Å². The Balaban J connectivity index is 3.62. The standard InChI is InChI=1S/C7H15F/c1-5-6(2)7(3,4)8/h6H,5H2,1-4H3. The third-order valence-corrected chi connectivity index (χ3v) is 1.78. The van der Waals surface area contributed by atoms with E-state index < -0.39 is 5.67 Å². The van der Waals surface area contributed by atoms with Gasteiger partial charge in [0.2, 0.25) is 0 Å². The van der Waals surface area contributed by atoms with Gasteiger partial charge in [0.25, 0.3) is 0 Å². The first kappa shape index (κ1) is 7.93. The molecule has 0 aromatic heterocycles. The molecule has 0 saturated carbocycles. The lowest BCUT2D eigenvalue weighted by atomic mass is 9.93. The normalized spacial score (nSPS) is 16.1. The van der Waals surface area contributed by atoms with Crippen molar-refractivity contribution in [1.82, 2.24) is 0 Å². The molecule has 1 atom stereocenters. The Morgan fingerprint density at radius 2 is 1.88 bits per heavy atom. The maximum absolute atomic E-state index is 12.8. The quantitative estimate of drug-likeness (QED) is 0.523. The maximum atomic E-state index is 12.8. The van der Waals surface area contributed by atoms with Crippen LogP contribution in [-0.4, -0.2) is 5.67 Å². The fourth-order valence-electron chi connectivity index (χ4n) is 0.485. The highest BCUT2D eigenvalue weighted by Crippen LogP contribution is 2.22. The molecule has 0 aromatic rings. The summed E-state index contributed by atoms with van der Waals surface area (Å²) >= 11 is 0. The van der Waals surface area contributed by atoms with Crippen molar-refractivity contribution < 1.29 is 4.39 Å². The first-order valence-corrected chi connectivity index (χ1v) is 3.17. The molecule has 0 aliphatic rings. The summed E-state index contributed by atoms with van der Waals surface area (Å²) in [6, 6.07) is 0. The second-order valence-corrected chi connectivity index (χ2v) is 2.87. The monoisotopic (exact) mass is 118 g/mol. The highest BCUT2D eigenvalue weighted by atomic mass is 19.1. The van der Waals surface area contributed by atoms with Crippen molar-refractivity contribution in [3.8, 4) is 0 Å². The van der Waals surface area contributed by atoms with E-state index in [-0.39, 0.29) is 5.92 Å². The molecule has 0 spiro atoms. The molecule has 1 heteroatoms. The largest absolute Gasteiger partial charge is 0.244 e. The molecular formula is C7H15F. The molecule has 0 fully saturated rings. The summed E-state index contributed by atoms with van der Waals surface area (Å²) in [5.41, 5.74) is -0.991. The van der Waals surface area contributed by atoms with E-state index in [0.29, 0.717) is 0 Å². The molecule has 0 heterocycles. The molecule has 0 bridgehead atoms. The van der Waals surface area contributed by atoms with E-state index in [9.17, 15) is 4.39 Å². The maximum Gasteiger partial charge on any atom is 0.108 e. The Bertz CT molecular complexity index is 61.3. The summed E-state index contributed by atoms with van der Waals surface area (Å²) in [6.45, 7) is 7.19.